The fourth-order valence-electron chi connectivity index (χ4n) is 1.16. The van der Waals surface area contributed by atoms with Gasteiger partial charge in [-0.3, -0.25) is 5.10 Å². The lowest BCUT2D eigenvalue weighted by Crippen LogP contribution is -1.96. The van der Waals surface area contributed by atoms with E-state index in [-0.39, 0.29) is 10.6 Å². The van der Waals surface area contributed by atoms with E-state index in [2.05, 4.69) is 26.1 Å². The van der Waals surface area contributed by atoms with E-state index in [0.717, 1.165) is 0 Å². The van der Waals surface area contributed by atoms with Gasteiger partial charge in [0.1, 0.15) is 4.60 Å². The Morgan fingerprint density at radius 2 is 2.29 bits per heavy atom. The molecular weight excluding hydrogens is 271 g/mol. The third kappa shape index (κ3) is 1.38. The van der Waals surface area contributed by atoms with Crippen molar-refractivity contribution in [1.82, 2.24) is 10.2 Å². The third-order valence-corrected chi connectivity index (χ3v) is 2.74. The molecular formula is C8H4BrClN2O2. The summed E-state index contributed by atoms with van der Waals surface area (Å²) in [4.78, 5) is 10.8. The van der Waals surface area contributed by atoms with Gasteiger partial charge in [-0.1, -0.05) is 11.6 Å². The molecule has 0 saturated carbocycles. The zero-order valence-electron chi connectivity index (χ0n) is 6.71. The van der Waals surface area contributed by atoms with E-state index in [4.69, 9.17) is 16.7 Å². The number of nitrogens with zero attached hydrogens (tertiary/aromatic N) is 1. The van der Waals surface area contributed by atoms with Crippen LogP contribution in [0, 0.1) is 0 Å². The Morgan fingerprint density at radius 1 is 1.57 bits per heavy atom. The normalized spacial score (nSPS) is 10.7. The summed E-state index contributed by atoms with van der Waals surface area (Å²) in [6, 6.07) is 3.00. The van der Waals surface area contributed by atoms with Gasteiger partial charge in [0.2, 0.25) is 0 Å². The first kappa shape index (κ1) is 9.48. The molecule has 72 valence electrons. The highest BCUT2D eigenvalue weighted by Crippen LogP contribution is 2.27. The van der Waals surface area contributed by atoms with Gasteiger partial charge in [0.25, 0.3) is 0 Å². The second kappa shape index (κ2) is 3.25. The number of aromatic amines is 1. The molecule has 0 aliphatic heterocycles. The second-order valence-electron chi connectivity index (χ2n) is 2.69. The molecule has 1 heterocycles. The first-order chi connectivity index (χ1) is 6.59. The Hall–Kier alpha value is -1.07. The summed E-state index contributed by atoms with van der Waals surface area (Å²) in [5.74, 6) is -1.05. The summed E-state index contributed by atoms with van der Waals surface area (Å²) < 4.78 is 0.645. The number of carboxylic acids is 1. The first-order valence-electron chi connectivity index (χ1n) is 3.66. The van der Waals surface area contributed by atoms with Crippen LogP contribution >= 0.6 is 27.5 Å². The highest BCUT2D eigenvalue weighted by atomic mass is 79.9. The van der Waals surface area contributed by atoms with E-state index in [1.54, 1.807) is 0 Å². The van der Waals surface area contributed by atoms with Gasteiger partial charge in [0.15, 0.2) is 0 Å². The van der Waals surface area contributed by atoms with Crippen molar-refractivity contribution >= 4 is 44.4 Å². The Bertz CT molecular complexity index is 523. The number of halogens is 2. The predicted molar refractivity (Wildman–Crippen MR) is 55.8 cm³/mol. The number of benzene rings is 1. The molecule has 2 rings (SSSR count). The molecule has 2 aromatic rings. The minimum atomic E-state index is -1.05. The summed E-state index contributed by atoms with van der Waals surface area (Å²) in [6.45, 7) is 0. The van der Waals surface area contributed by atoms with E-state index in [1.165, 1.54) is 12.1 Å². The van der Waals surface area contributed by atoms with Crippen LogP contribution in [-0.2, 0) is 0 Å². The summed E-state index contributed by atoms with van der Waals surface area (Å²) >= 11 is 8.98. The number of nitrogens with one attached hydrogen (secondary N) is 1. The van der Waals surface area contributed by atoms with Crippen LogP contribution in [0.5, 0.6) is 0 Å². The Balaban J connectivity index is 2.80. The highest BCUT2D eigenvalue weighted by molar-refractivity contribution is 9.10. The predicted octanol–water partition coefficient (Wildman–Crippen LogP) is 2.68. The maximum Gasteiger partial charge on any atom is 0.337 e. The van der Waals surface area contributed by atoms with Crippen LogP contribution in [0.1, 0.15) is 10.4 Å². The molecule has 0 atom stereocenters. The van der Waals surface area contributed by atoms with Crippen molar-refractivity contribution in [3.63, 3.8) is 0 Å². The van der Waals surface area contributed by atoms with Crippen molar-refractivity contribution in [2.75, 3.05) is 0 Å². The van der Waals surface area contributed by atoms with Crippen molar-refractivity contribution in [1.29, 1.82) is 0 Å². The van der Waals surface area contributed by atoms with Crippen LogP contribution in [-0.4, -0.2) is 21.3 Å². The lowest BCUT2D eigenvalue weighted by molar-refractivity contribution is 0.0697. The number of carboxylic acid groups (broad SMARTS) is 1. The van der Waals surface area contributed by atoms with E-state index in [9.17, 15) is 4.79 Å². The molecule has 0 saturated heterocycles. The molecule has 0 aliphatic carbocycles. The number of hydrogen-bond acceptors (Lipinski definition) is 2. The number of carbonyl (C=O) groups is 1. The van der Waals surface area contributed by atoms with E-state index >= 15 is 0 Å². The average molecular weight is 275 g/mol. The number of hydrogen-bond donors (Lipinski definition) is 2. The minimum absolute atomic E-state index is 0.0706. The molecule has 1 aromatic heterocycles. The van der Waals surface area contributed by atoms with E-state index < -0.39 is 5.97 Å². The largest absolute Gasteiger partial charge is 0.478 e. The van der Waals surface area contributed by atoms with Crippen molar-refractivity contribution < 1.29 is 9.90 Å². The van der Waals surface area contributed by atoms with Crippen LogP contribution in [0.15, 0.2) is 16.7 Å². The molecule has 0 unspecified atom stereocenters. The lowest BCUT2D eigenvalue weighted by Gasteiger charge is -1.97. The average Bonchev–Trinajstić information content (AvgIpc) is 2.46. The molecule has 2 N–H and O–H groups in total. The van der Waals surface area contributed by atoms with Crippen LogP contribution in [0.25, 0.3) is 10.9 Å². The first-order valence-corrected chi connectivity index (χ1v) is 4.83. The van der Waals surface area contributed by atoms with Crippen molar-refractivity contribution in [2.45, 2.75) is 0 Å². The zero-order chi connectivity index (χ0) is 10.3. The maximum absolute atomic E-state index is 10.8. The molecule has 0 fully saturated rings. The molecule has 4 nitrogen and oxygen atoms in total. The number of aromatic nitrogens is 2. The van der Waals surface area contributed by atoms with Gasteiger partial charge in [0.05, 0.1) is 16.1 Å². The Morgan fingerprint density at radius 3 is 2.93 bits per heavy atom. The molecule has 0 aliphatic rings. The van der Waals surface area contributed by atoms with Gasteiger partial charge >= 0.3 is 5.97 Å². The van der Waals surface area contributed by atoms with Crippen molar-refractivity contribution in [2.24, 2.45) is 0 Å². The van der Waals surface area contributed by atoms with Gasteiger partial charge in [-0.2, -0.15) is 5.10 Å². The molecule has 1 aromatic carbocycles. The van der Waals surface area contributed by atoms with Gasteiger partial charge in [-0.05, 0) is 28.1 Å². The molecule has 0 bridgehead atoms. The summed E-state index contributed by atoms with van der Waals surface area (Å²) in [7, 11) is 0. The van der Waals surface area contributed by atoms with Gasteiger partial charge in [-0.25, -0.2) is 4.79 Å². The zero-order valence-corrected chi connectivity index (χ0v) is 9.06. The molecule has 14 heavy (non-hydrogen) atoms. The van der Waals surface area contributed by atoms with Crippen LogP contribution in [0.3, 0.4) is 0 Å². The Kier molecular flexibility index (Phi) is 2.20. The summed E-state index contributed by atoms with van der Waals surface area (Å²) in [6.07, 6.45) is 0. The lowest BCUT2D eigenvalue weighted by atomic mass is 10.1. The minimum Gasteiger partial charge on any atom is -0.478 e. The number of H-pyrrole nitrogens is 1. The molecule has 0 spiro atoms. The highest BCUT2D eigenvalue weighted by Gasteiger charge is 2.12. The SMILES string of the molecule is O=C(O)c1cc2c(Br)[nH]nc2cc1Cl. The summed E-state index contributed by atoms with van der Waals surface area (Å²) in [5, 5.41) is 16.3. The van der Waals surface area contributed by atoms with E-state index in [1.807, 2.05) is 0 Å². The number of aromatic carboxylic acids is 1. The van der Waals surface area contributed by atoms with Crippen LogP contribution < -0.4 is 0 Å². The smallest absolute Gasteiger partial charge is 0.337 e. The standard InChI is InChI=1S/C8H4BrClN2O2/c9-7-4-1-3(8(13)14)5(10)2-6(4)11-12-7/h1-2H,(H,11,12)(H,13,14). The van der Waals surface area contributed by atoms with Gasteiger partial charge in [0, 0.05) is 5.39 Å². The third-order valence-electron chi connectivity index (χ3n) is 1.83. The number of rotatable bonds is 1. The van der Waals surface area contributed by atoms with Crippen molar-refractivity contribution in [3.8, 4) is 0 Å². The van der Waals surface area contributed by atoms with Crippen molar-refractivity contribution in [3.05, 3.63) is 27.3 Å². The topological polar surface area (TPSA) is 66.0 Å². The maximum atomic E-state index is 10.8. The molecule has 0 radical (unpaired) electrons. The van der Waals surface area contributed by atoms with Crippen LogP contribution in [0.4, 0.5) is 0 Å². The fraction of sp³-hybridized carbons (Fsp3) is 0. The quantitative estimate of drug-likeness (QED) is 0.841. The fourth-order valence-corrected chi connectivity index (χ4v) is 1.81. The van der Waals surface area contributed by atoms with Gasteiger partial charge in [-0.15, -0.1) is 0 Å². The van der Waals surface area contributed by atoms with E-state index in [0.29, 0.717) is 15.5 Å². The number of fused-ring (bicyclic) bond motifs is 1. The van der Waals surface area contributed by atoms with Crippen LogP contribution in [0.2, 0.25) is 5.02 Å². The van der Waals surface area contributed by atoms with Gasteiger partial charge < -0.3 is 5.11 Å². The Labute approximate surface area is 92.0 Å². The summed E-state index contributed by atoms with van der Waals surface area (Å²) in [5.41, 5.74) is 0.702. The molecule has 0 amide bonds. The monoisotopic (exact) mass is 274 g/mol. The molecule has 6 heteroatoms. The second-order valence-corrected chi connectivity index (χ2v) is 3.89.